The Balaban J connectivity index is 1.34. The van der Waals surface area contributed by atoms with Crippen LogP contribution in [0.3, 0.4) is 0 Å². The number of ether oxygens (including phenoxy) is 1. The third-order valence-electron chi connectivity index (χ3n) is 9.31. The predicted molar refractivity (Wildman–Crippen MR) is 185 cm³/mol. The summed E-state index contributed by atoms with van der Waals surface area (Å²) in [5.74, 6) is 1.34. The van der Waals surface area contributed by atoms with Gasteiger partial charge >= 0.3 is 0 Å². The van der Waals surface area contributed by atoms with E-state index in [4.69, 9.17) is 4.74 Å². The zero-order chi connectivity index (χ0) is 30.2. The van der Waals surface area contributed by atoms with Gasteiger partial charge in [0, 0.05) is 31.1 Å². The summed E-state index contributed by atoms with van der Waals surface area (Å²) in [6, 6.07) is 43.5. The van der Waals surface area contributed by atoms with Crippen molar-refractivity contribution < 1.29 is 9.84 Å². The second kappa shape index (κ2) is 10.0. The zero-order valence-electron chi connectivity index (χ0n) is 24.2. The number of benzene rings is 6. The average molecular weight is 700 g/mol. The van der Waals surface area contributed by atoms with Crippen molar-refractivity contribution in [2.45, 2.75) is 24.9 Å². The number of para-hydroxylation sites is 1. The van der Waals surface area contributed by atoms with Crippen LogP contribution in [-0.2, 0) is 11.0 Å². The maximum atomic E-state index is 13.3. The average Bonchev–Trinajstić information content (AvgIpc) is 3.21. The summed E-state index contributed by atoms with van der Waals surface area (Å²) in [5, 5.41) is 13.3. The van der Waals surface area contributed by atoms with Crippen LogP contribution in [0.5, 0.6) is 11.5 Å². The lowest BCUT2D eigenvalue weighted by atomic mass is 9.77. The highest BCUT2D eigenvalue weighted by atomic mass is 79.9. The van der Waals surface area contributed by atoms with Gasteiger partial charge in [0.05, 0.1) is 0 Å². The molecule has 44 heavy (non-hydrogen) atoms. The Morgan fingerprint density at radius 1 is 0.477 bits per heavy atom. The first-order valence-electron chi connectivity index (χ1n) is 14.7. The van der Waals surface area contributed by atoms with Gasteiger partial charge < -0.3 is 9.84 Å². The van der Waals surface area contributed by atoms with Gasteiger partial charge in [-0.05, 0) is 87.0 Å². The molecule has 0 unspecified atom stereocenters. The Morgan fingerprint density at radius 2 is 0.955 bits per heavy atom. The fourth-order valence-corrected chi connectivity index (χ4v) is 7.94. The van der Waals surface area contributed by atoms with Gasteiger partial charge in [0.15, 0.2) is 0 Å². The van der Waals surface area contributed by atoms with Gasteiger partial charge in [-0.3, -0.25) is 0 Å². The maximum absolute atomic E-state index is 13.3. The largest absolute Gasteiger partial charge is 0.457 e. The summed E-state index contributed by atoms with van der Waals surface area (Å²) in [4.78, 5) is 0. The van der Waals surface area contributed by atoms with E-state index in [1.165, 1.54) is 22.3 Å². The Morgan fingerprint density at radius 3 is 1.59 bits per heavy atom. The molecule has 8 rings (SSSR count). The standard InChI is InChI=1S/C40H28Br2O2/c1-39(2)33-12-6-5-11-29(33)32-20-17-26(23-35(32)39)44-38-14-8-7-13-34(38)40(43)36-21-24(41)15-18-30(36)27-9-3-4-10-28(27)31-19-16-25(42)22-37(31)40/h3-23,43H,1-2H3. The topological polar surface area (TPSA) is 29.5 Å². The molecule has 0 heterocycles. The highest BCUT2D eigenvalue weighted by molar-refractivity contribution is 9.10. The fraction of sp³-hybridized carbons (Fsp3) is 0.100. The summed E-state index contributed by atoms with van der Waals surface area (Å²) in [7, 11) is 0. The Labute approximate surface area is 274 Å². The first-order chi connectivity index (χ1) is 21.3. The molecule has 0 saturated heterocycles. The number of halogens is 2. The number of aliphatic hydroxyl groups is 1. The van der Waals surface area contributed by atoms with Gasteiger partial charge in [0.25, 0.3) is 0 Å². The smallest absolute Gasteiger partial charge is 0.145 e. The van der Waals surface area contributed by atoms with Crippen molar-refractivity contribution in [2.75, 3.05) is 0 Å². The van der Waals surface area contributed by atoms with E-state index in [9.17, 15) is 5.11 Å². The van der Waals surface area contributed by atoms with E-state index in [0.717, 1.165) is 48.1 Å². The molecule has 0 aromatic heterocycles. The monoisotopic (exact) mass is 698 g/mol. The number of rotatable bonds is 3. The highest BCUT2D eigenvalue weighted by Gasteiger charge is 2.43. The van der Waals surface area contributed by atoms with Gasteiger partial charge in [-0.2, -0.15) is 0 Å². The number of hydrogen-bond acceptors (Lipinski definition) is 2. The summed E-state index contributed by atoms with van der Waals surface area (Å²) >= 11 is 7.41. The molecule has 0 saturated carbocycles. The molecule has 0 fully saturated rings. The van der Waals surface area contributed by atoms with Crippen LogP contribution >= 0.6 is 31.9 Å². The van der Waals surface area contributed by atoms with Crippen molar-refractivity contribution >= 4 is 31.9 Å². The van der Waals surface area contributed by atoms with Crippen LogP contribution in [0.25, 0.3) is 33.4 Å². The summed E-state index contributed by atoms with van der Waals surface area (Å²) in [6.07, 6.45) is 0. The molecule has 4 heteroatoms. The van der Waals surface area contributed by atoms with Crippen LogP contribution in [-0.4, -0.2) is 5.11 Å². The van der Waals surface area contributed by atoms with Crippen molar-refractivity contribution in [1.82, 2.24) is 0 Å². The second-order valence-corrected chi connectivity index (χ2v) is 13.9. The molecule has 2 nitrogen and oxygen atoms in total. The van der Waals surface area contributed by atoms with Gasteiger partial charge in [0.2, 0.25) is 0 Å². The van der Waals surface area contributed by atoms with Crippen LogP contribution < -0.4 is 4.74 Å². The van der Waals surface area contributed by atoms with Crippen molar-refractivity contribution in [1.29, 1.82) is 0 Å². The molecular formula is C40H28Br2O2. The molecule has 214 valence electrons. The Kier molecular flexibility index (Phi) is 6.29. The molecule has 0 aliphatic heterocycles. The highest BCUT2D eigenvalue weighted by Crippen LogP contribution is 2.54. The predicted octanol–water partition coefficient (Wildman–Crippen LogP) is 11.2. The summed E-state index contributed by atoms with van der Waals surface area (Å²) < 4.78 is 8.56. The van der Waals surface area contributed by atoms with E-state index in [0.29, 0.717) is 11.3 Å². The number of fused-ring (bicyclic) bond motifs is 8. The molecule has 2 aliphatic carbocycles. The lowest BCUT2D eigenvalue weighted by molar-refractivity contribution is 0.124. The Bertz CT molecular complexity index is 2050. The van der Waals surface area contributed by atoms with Crippen LogP contribution in [0.2, 0.25) is 0 Å². The normalized spacial score (nSPS) is 14.8. The minimum Gasteiger partial charge on any atom is -0.457 e. The van der Waals surface area contributed by atoms with E-state index in [-0.39, 0.29) is 5.41 Å². The third-order valence-corrected chi connectivity index (χ3v) is 10.3. The SMILES string of the molecule is CC1(C)c2ccccc2-c2ccc(Oc3ccccc3C3(O)c4cc(Br)ccc4-c4ccccc4-c4ccc(Br)cc43)cc21. The van der Waals surface area contributed by atoms with E-state index in [1.54, 1.807) is 0 Å². The van der Waals surface area contributed by atoms with Crippen molar-refractivity contribution in [3.05, 3.63) is 164 Å². The van der Waals surface area contributed by atoms with E-state index in [1.807, 2.05) is 54.6 Å². The van der Waals surface area contributed by atoms with Crippen LogP contribution in [0.15, 0.2) is 136 Å². The summed E-state index contributed by atoms with van der Waals surface area (Å²) in [5.41, 5.74) is 9.76. The molecule has 0 amide bonds. The van der Waals surface area contributed by atoms with Crippen molar-refractivity contribution in [3.8, 4) is 44.9 Å². The van der Waals surface area contributed by atoms with Crippen LogP contribution in [0.4, 0.5) is 0 Å². The maximum Gasteiger partial charge on any atom is 0.145 e. The molecule has 1 N–H and O–H groups in total. The molecule has 2 aliphatic rings. The minimum absolute atomic E-state index is 0.146. The molecule has 6 aromatic rings. The second-order valence-electron chi connectivity index (χ2n) is 12.1. The van der Waals surface area contributed by atoms with Crippen LogP contribution in [0.1, 0.15) is 41.7 Å². The van der Waals surface area contributed by atoms with Crippen LogP contribution in [0, 0.1) is 0 Å². The molecule has 0 spiro atoms. The van der Waals surface area contributed by atoms with Crippen molar-refractivity contribution in [2.24, 2.45) is 0 Å². The van der Waals surface area contributed by atoms with Gasteiger partial charge in [-0.1, -0.05) is 131 Å². The lowest BCUT2D eigenvalue weighted by Crippen LogP contribution is -2.30. The minimum atomic E-state index is -1.53. The van der Waals surface area contributed by atoms with Crippen molar-refractivity contribution in [3.63, 3.8) is 0 Å². The molecule has 0 radical (unpaired) electrons. The fourth-order valence-electron chi connectivity index (χ4n) is 7.22. The first-order valence-corrected chi connectivity index (χ1v) is 16.3. The van der Waals surface area contributed by atoms with Gasteiger partial charge in [-0.25, -0.2) is 0 Å². The van der Waals surface area contributed by atoms with E-state index < -0.39 is 5.60 Å². The lowest BCUT2D eigenvalue weighted by Gasteiger charge is -2.33. The zero-order valence-corrected chi connectivity index (χ0v) is 27.4. The first kappa shape index (κ1) is 27.6. The molecule has 0 atom stereocenters. The molecular weight excluding hydrogens is 672 g/mol. The Hall–Kier alpha value is -3.96. The van der Waals surface area contributed by atoms with E-state index >= 15 is 0 Å². The number of hydrogen-bond donors (Lipinski definition) is 1. The summed E-state index contributed by atoms with van der Waals surface area (Å²) in [6.45, 7) is 4.54. The third kappa shape index (κ3) is 4.01. The quantitative estimate of drug-likeness (QED) is 0.199. The molecule has 6 aromatic carbocycles. The van der Waals surface area contributed by atoms with Gasteiger partial charge in [0.1, 0.15) is 17.1 Å². The molecule has 0 bridgehead atoms. The van der Waals surface area contributed by atoms with E-state index in [2.05, 4.69) is 119 Å². The van der Waals surface area contributed by atoms with Gasteiger partial charge in [-0.15, -0.1) is 0 Å².